The van der Waals surface area contributed by atoms with Crippen molar-refractivity contribution in [3.05, 3.63) is 35.4 Å². The van der Waals surface area contributed by atoms with Gasteiger partial charge in [0.05, 0.1) is 18.2 Å². The van der Waals surface area contributed by atoms with Gasteiger partial charge in [-0.15, -0.1) is 0 Å². The van der Waals surface area contributed by atoms with Gasteiger partial charge >= 0.3 is 12.0 Å². The van der Waals surface area contributed by atoms with Gasteiger partial charge in [0.1, 0.15) is 0 Å². The summed E-state index contributed by atoms with van der Waals surface area (Å²) in [6.07, 6.45) is -0.153. The molecule has 2 atom stereocenters. The van der Waals surface area contributed by atoms with Gasteiger partial charge in [-0.1, -0.05) is 24.3 Å². The van der Waals surface area contributed by atoms with Gasteiger partial charge in [0.2, 0.25) is 5.91 Å². The van der Waals surface area contributed by atoms with Crippen LogP contribution in [0.1, 0.15) is 23.6 Å². The summed E-state index contributed by atoms with van der Waals surface area (Å²) < 4.78 is 23.7. The van der Waals surface area contributed by atoms with Crippen LogP contribution < -0.4 is 11.1 Å². The number of urea groups is 1. The van der Waals surface area contributed by atoms with Crippen molar-refractivity contribution in [2.75, 3.05) is 18.8 Å². The third-order valence-electron chi connectivity index (χ3n) is 4.35. The molecule has 0 aromatic heterocycles. The van der Waals surface area contributed by atoms with Crippen molar-refractivity contribution in [2.45, 2.75) is 24.6 Å². The number of carboxylic acids is 1. The highest BCUT2D eigenvalue weighted by molar-refractivity contribution is 7.92. The molecule has 0 aliphatic carbocycles. The van der Waals surface area contributed by atoms with E-state index >= 15 is 0 Å². The van der Waals surface area contributed by atoms with Gasteiger partial charge in [-0.05, 0) is 18.1 Å². The quantitative estimate of drug-likeness (QED) is 0.642. The van der Waals surface area contributed by atoms with Crippen LogP contribution in [0, 0.1) is 6.92 Å². The molecule has 142 valence electrons. The number of nitrogens with two attached hydrogens (primary N) is 1. The van der Waals surface area contributed by atoms with E-state index in [2.05, 4.69) is 5.32 Å². The topological polar surface area (TPSA) is 147 Å². The Morgan fingerprint density at radius 3 is 2.58 bits per heavy atom. The lowest BCUT2D eigenvalue weighted by atomic mass is 9.98. The highest BCUT2D eigenvalue weighted by Crippen LogP contribution is 2.23. The van der Waals surface area contributed by atoms with Crippen LogP contribution in [0.15, 0.2) is 24.3 Å². The number of aryl methyl sites for hydroxylation is 1. The van der Waals surface area contributed by atoms with Crippen molar-refractivity contribution < 1.29 is 27.9 Å². The van der Waals surface area contributed by atoms with E-state index in [-0.39, 0.29) is 13.0 Å². The summed E-state index contributed by atoms with van der Waals surface area (Å²) in [6, 6.07) is 5.66. The molecule has 0 saturated carbocycles. The minimum atomic E-state index is -3.78. The molecule has 1 saturated heterocycles. The number of nitrogens with one attached hydrogen (secondary N) is 1. The number of carbonyl (C=O) groups is 3. The molecule has 3 amide bonds. The van der Waals surface area contributed by atoms with Crippen molar-refractivity contribution >= 4 is 27.7 Å². The largest absolute Gasteiger partial charge is 0.480 e. The molecule has 0 spiro atoms. The third-order valence-corrected chi connectivity index (χ3v) is 6.32. The summed E-state index contributed by atoms with van der Waals surface area (Å²) in [5, 5.41) is 9.97. The van der Waals surface area contributed by atoms with E-state index in [0.29, 0.717) is 5.56 Å². The maximum absolute atomic E-state index is 12.6. The molecule has 26 heavy (non-hydrogen) atoms. The number of carboxylic acid groups (broad SMARTS) is 1. The third kappa shape index (κ3) is 4.51. The van der Waals surface area contributed by atoms with Crippen molar-refractivity contribution in [3.63, 3.8) is 0 Å². The van der Waals surface area contributed by atoms with Crippen LogP contribution in [0.25, 0.3) is 0 Å². The average molecular weight is 383 g/mol. The van der Waals surface area contributed by atoms with E-state index in [0.717, 1.165) is 5.56 Å². The van der Waals surface area contributed by atoms with Crippen LogP contribution >= 0.6 is 0 Å². The number of hydrogen-bond acceptors (Lipinski definition) is 5. The van der Waals surface area contributed by atoms with Gasteiger partial charge in [0.15, 0.2) is 15.1 Å². The number of nitrogens with zero attached hydrogens (tertiary/aromatic N) is 1. The van der Waals surface area contributed by atoms with E-state index < -0.39 is 51.3 Å². The lowest BCUT2D eigenvalue weighted by molar-refractivity contribution is -0.138. The standard InChI is InChI=1S/C16H21N3O6S/c1-10-4-2-3-5-11(10)12(18-16(17)23)8-14(20)19-6-7-26(24,25)13(9-19)15(21)22/h2-5,12-13H,6-9H2,1H3,(H,21,22)(H3,17,18,23). The maximum atomic E-state index is 12.6. The summed E-state index contributed by atoms with van der Waals surface area (Å²) in [4.78, 5) is 36.3. The van der Waals surface area contributed by atoms with E-state index in [1.54, 1.807) is 12.1 Å². The van der Waals surface area contributed by atoms with Crippen LogP contribution in [0.5, 0.6) is 0 Å². The lowest BCUT2D eigenvalue weighted by Gasteiger charge is -2.32. The highest BCUT2D eigenvalue weighted by Gasteiger charge is 2.40. The van der Waals surface area contributed by atoms with E-state index in [1.165, 1.54) is 4.90 Å². The smallest absolute Gasteiger partial charge is 0.323 e. The normalized spacial score (nSPS) is 20.2. The molecule has 1 aliphatic heterocycles. The molecule has 1 aromatic rings. The maximum Gasteiger partial charge on any atom is 0.323 e. The fraction of sp³-hybridized carbons (Fsp3) is 0.438. The number of rotatable bonds is 5. The van der Waals surface area contributed by atoms with Crippen LogP contribution in [0.3, 0.4) is 0 Å². The van der Waals surface area contributed by atoms with Crippen molar-refractivity contribution in [1.29, 1.82) is 0 Å². The minimum absolute atomic E-state index is 0.0813. The molecule has 1 heterocycles. The number of sulfone groups is 1. The van der Waals surface area contributed by atoms with Crippen molar-refractivity contribution in [1.82, 2.24) is 10.2 Å². The number of aliphatic carboxylic acids is 1. The van der Waals surface area contributed by atoms with Crippen LogP contribution in [-0.2, 0) is 19.4 Å². The monoisotopic (exact) mass is 383 g/mol. The Bertz CT molecular complexity index is 823. The fourth-order valence-electron chi connectivity index (χ4n) is 2.93. The predicted molar refractivity (Wildman–Crippen MR) is 93.0 cm³/mol. The first kappa shape index (κ1) is 19.7. The molecule has 2 unspecified atom stereocenters. The van der Waals surface area contributed by atoms with Gasteiger partial charge in [0.25, 0.3) is 0 Å². The van der Waals surface area contributed by atoms with E-state index in [1.807, 2.05) is 19.1 Å². The number of benzene rings is 1. The predicted octanol–water partition coefficient (Wildman–Crippen LogP) is -0.195. The average Bonchev–Trinajstić information content (AvgIpc) is 2.53. The number of carbonyl (C=O) groups excluding carboxylic acids is 2. The molecule has 0 bridgehead atoms. The summed E-state index contributed by atoms with van der Waals surface area (Å²) >= 11 is 0. The summed E-state index contributed by atoms with van der Waals surface area (Å²) in [5.41, 5.74) is 6.76. The Kier molecular flexibility index (Phi) is 5.86. The Balaban J connectivity index is 2.18. The van der Waals surface area contributed by atoms with Crippen LogP contribution in [-0.4, -0.2) is 60.4 Å². The van der Waals surface area contributed by atoms with Crippen LogP contribution in [0.4, 0.5) is 4.79 Å². The molecule has 9 nitrogen and oxygen atoms in total. The Morgan fingerprint density at radius 2 is 2.00 bits per heavy atom. The second kappa shape index (κ2) is 7.73. The highest BCUT2D eigenvalue weighted by atomic mass is 32.2. The van der Waals surface area contributed by atoms with E-state index in [4.69, 9.17) is 10.8 Å². The second-order valence-corrected chi connectivity index (χ2v) is 8.46. The summed E-state index contributed by atoms with van der Waals surface area (Å²) in [7, 11) is -3.78. The molecule has 0 radical (unpaired) electrons. The summed E-state index contributed by atoms with van der Waals surface area (Å²) in [6.45, 7) is 1.33. The summed E-state index contributed by atoms with van der Waals surface area (Å²) in [5.74, 6) is -2.34. The zero-order chi connectivity index (χ0) is 19.5. The van der Waals surface area contributed by atoms with E-state index in [9.17, 15) is 22.8 Å². The molecule has 1 aromatic carbocycles. The molecule has 2 rings (SSSR count). The molecule has 4 N–H and O–H groups in total. The van der Waals surface area contributed by atoms with Gasteiger partial charge in [-0.2, -0.15) is 0 Å². The van der Waals surface area contributed by atoms with Crippen LogP contribution in [0.2, 0.25) is 0 Å². The van der Waals surface area contributed by atoms with Gasteiger partial charge < -0.3 is 21.1 Å². The zero-order valence-corrected chi connectivity index (χ0v) is 15.0. The molecule has 1 fully saturated rings. The number of primary amides is 1. The Labute approximate surface area is 151 Å². The molecular formula is C16H21N3O6S. The molecule has 1 aliphatic rings. The lowest BCUT2D eigenvalue weighted by Crippen LogP contribution is -2.52. The Hall–Kier alpha value is -2.62. The first-order valence-electron chi connectivity index (χ1n) is 7.95. The first-order chi connectivity index (χ1) is 12.1. The van der Waals surface area contributed by atoms with Gasteiger partial charge in [0, 0.05) is 13.1 Å². The number of hydrogen-bond donors (Lipinski definition) is 3. The Morgan fingerprint density at radius 1 is 1.35 bits per heavy atom. The molecule has 10 heteroatoms. The van der Waals surface area contributed by atoms with Crippen molar-refractivity contribution in [3.8, 4) is 0 Å². The number of amides is 3. The minimum Gasteiger partial charge on any atom is -0.480 e. The SMILES string of the molecule is Cc1ccccc1C(CC(=O)N1CCS(=O)(=O)C(C(=O)O)C1)NC(N)=O. The second-order valence-electron chi connectivity index (χ2n) is 6.16. The van der Waals surface area contributed by atoms with Gasteiger partial charge in [-0.25, -0.2) is 13.2 Å². The first-order valence-corrected chi connectivity index (χ1v) is 9.67. The van der Waals surface area contributed by atoms with Gasteiger partial charge in [-0.3, -0.25) is 9.59 Å². The van der Waals surface area contributed by atoms with Crippen molar-refractivity contribution in [2.24, 2.45) is 5.73 Å². The zero-order valence-electron chi connectivity index (χ0n) is 14.2. The molecular weight excluding hydrogens is 362 g/mol. The fourth-order valence-corrected chi connectivity index (χ4v) is 4.41.